The van der Waals surface area contributed by atoms with Gasteiger partial charge in [-0.25, -0.2) is 18.2 Å². The van der Waals surface area contributed by atoms with Crippen molar-refractivity contribution >= 4 is 44.3 Å². The number of benzene rings is 3. The van der Waals surface area contributed by atoms with Crippen molar-refractivity contribution in [3.63, 3.8) is 0 Å². The highest BCUT2D eigenvalue weighted by Gasteiger charge is 2.18. The fraction of sp³-hybridized carbons (Fsp3) is 0. The van der Waals surface area contributed by atoms with Crippen LogP contribution in [0, 0.1) is 0 Å². The monoisotopic (exact) mass is 427 g/mol. The van der Waals surface area contributed by atoms with Crippen molar-refractivity contribution in [2.75, 3.05) is 4.72 Å². The van der Waals surface area contributed by atoms with Gasteiger partial charge in [-0.3, -0.25) is 4.72 Å². The van der Waals surface area contributed by atoms with Crippen LogP contribution in [0.2, 0.25) is 5.02 Å². The quantitative estimate of drug-likeness (QED) is 0.437. The zero-order chi connectivity index (χ0) is 20.6. The number of aromatic carboxylic acids is 1. The van der Waals surface area contributed by atoms with E-state index in [0.717, 1.165) is 0 Å². The van der Waals surface area contributed by atoms with Gasteiger partial charge in [-0.2, -0.15) is 0 Å². The number of nitrogens with one attached hydrogen (secondary N) is 2. The summed E-state index contributed by atoms with van der Waals surface area (Å²) in [5.41, 5.74) is 1.71. The Morgan fingerprint density at radius 2 is 1.79 bits per heavy atom. The molecule has 3 aromatic carbocycles. The number of fused-ring (bicyclic) bond motifs is 1. The predicted molar refractivity (Wildman–Crippen MR) is 111 cm³/mol. The fourth-order valence-electron chi connectivity index (χ4n) is 2.90. The third kappa shape index (κ3) is 3.67. The molecular formula is C20H14ClN3O4S. The van der Waals surface area contributed by atoms with Gasteiger partial charge in [-0.1, -0.05) is 41.9 Å². The van der Waals surface area contributed by atoms with E-state index in [1.54, 1.807) is 48.5 Å². The number of hydrogen-bond acceptors (Lipinski definition) is 4. The molecule has 0 fully saturated rings. The first kappa shape index (κ1) is 19.0. The molecular weight excluding hydrogens is 414 g/mol. The highest BCUT2D eigenvalue weighted by Crippen LogP contribution is 2.27. The van der Waals surface area contributed by atoms with Gasteiger partial charge in [-0.05, 0) is 36.4 Å². The second-order valence-electron chi connectivity index (χ2n) is 6.20. The van der Waals surface area contributed by atoms with Crippen molar-refractivity contribution in [2.24, 2.45) is 0 Å². The van der Waals surface area contributed by atoms with E-state index in [1.807, 2.05) is 0 Å². The summed E-state index contributed by atoms with van der Waals surface area (Å²) in [5.74, 6) is -0.713. The van der Waals surface area contributed by atoms with E-state index in [-0.39, 0.29) is 21.2 Å². The first-order valence-electron chi connectivity index (χ1n) is 8.45. The molecule has 1 heterocycles. The number of sulfonamides is 1. The van der Waals surface area contributed by atoms with E-state index in [1.165, 1.54) is 18.2 Å². The second-order valence-corrected chi connectivity index (χ2v) is 8.29. The summed E-state index contributed by atoms with van der Waals surface area (Å²) >= 11 is 6.04. The first-order valence-corrected chi connectivity index (χ1v) is 10.3. The molecule has 0 aliphatic rings. The molecule has 4 aromatic rings. The van der Waals surface area contributed by atoms with Gasteiger partial charge >= 0.3 is 5.97 Å². The van der Waals surface area contributed by atoms with E-state index in [0.29, 0.717) is 22.4 Å². The van der Waals surface area contributed by atoms with Gasteiger partial charge in [0.05, 0.1) is 32.2 Å². The molecule has 0 aliphatic heterocycles. The number of anilines is 1. The number of imidazole rings is 1. The van der Waals surface area contributed by atoms with E-state index in [4.69, 9.17) is 11.6 Å². The van der Waals surface area contributed by atoms with Crippen molar-refractivity contribution in [3.8, 4) is 11.4 Å². The molecule has 29 heavy (non-hydrogen) atoms. The number of carbonyl (C=O) groups is 1. The van der Waals surface area contributed by atoms with Crippen LogP contribution >= 0.6 is 11.6 Å². The number of carboxylic acids is 1. The van der Waals surface area contributed by atoms with Crippen molar-refractivity contribution in [1.82, 2.24) is 9.97 Å². The number of rotatable bonds is 5. The Morgan fingerprint density at radius 3 is 2.55 bits per heavy atom. The van der Waals surface area contributed by atoms with Gasteiger partial charge in [0.25, 0.3) is 10.0 Å². The summed E-state index contributed by atoms with van der Waals surface area (Å²) in [6.07, 6.45) is 0. The minimum absolute atomic E-state index is 0.0221. The molecule has 146 valence electrons. The maximum Gasteiger partial charge on any atom is 0.337 e. The molecule has 1 aromatic heterocycles. The van der Waals surface area contributed by atoms with Gasteiger partial charge in [0.2, 0.25) is 0 Å². The van der Waals surface area contributed by atoms with Gasteiger partial charge in [0.15, 0.2) is 0 Å². The lowest BCUT2D eigenvalue weighted by atomic mass is 10.2. The zero-order valence-corrected chi connectivity index (χ0v) is 16.3. The lowest BCUT2D eigenvalue weighted by Gasteiger charge is -2.10. The van der Waals surface area contributed by atoms with Crippen molar-refractivity contribution < 1.29 is 18.3 Å². The van der Waals surface area contributed by atoms with Gasteiger partial charge in [-0.15, -0.1) is 0 Å². The lowest BCUT2D eigenvalue weighted by molar-refractivity contribution is 0.0699. The molecule has 0 saturated carbocycles. The summed E-state index contributed by atoms with van der Waals surface area (Å²) < 4.78 is 28.0. The Kier molecular flexibility index (Phi) is 4.73. The molecule has 0 aliphatic carbocycles. The van der Waals surface area contributed by atoms with Crippen LogP contribution in [0.5, 0.6) is 0 Å². The smallest absolute Gasteiger partial charge is 0.337 e. The minimum Gasteiger partial charge on any atom is -0.478 e. The average Bonchev–Trinajstić information content (AvgIpc) is 3.14. The second kappa shape index (κ2) is 7.23. The van der Waals surface area contributed by atoms with Crippen LogP contribution in [0.4, 0.5) is 5.69 Å². The average molecular weight is 428 g/mol. The number of halogens is 1. The molecule has 7 nitrogen and oxygen atoms in total. The molecule has 0 spiro atoms. The molecule has 0 amide bonds. The number of para-hydroxylation sites is 2. The van der Waals surface area contributed by atoms with Crippen molar-refractivity contribution in [1.29, 1.82) is 0 Å². The Morgan fingerprint density at radius 1 is 1.03 bits per heavy atom. The number of nitrogens with zero attached hydrogens (tertiary/aromatic N) is 1. The van der Waals surface area contributed by atoms with Crippen LogP contribution in [0.25, 0.3) is 22.4 Å². The number of aromatic nitrogens is 2. The van der Waals surface area contributed by atoms with Crippen LogP contribution < -0.4 is 4.72 Å². The van der Waals surface area contributed by atoms with Crippen LogP contribution in [0.1, 0.15) is 10.4 Å². The third-order valence-electron chi connectivity index (χ3n) is 4.28. The molecule has 4 rings (SSSR count). The Labute approximate surface area is 171 Å². The fourth-order valence-corrected chi connectivity index (χ4v) is 4.27. The SMILES string of the molecule is O=C(O)c1cccc2nc(-c3cccc(S(=O)(=O)Nc4ccccc4Cl)c3)[nH]c12. The molecule has 0 radical (unpaired) electrons. The number of carboxylic acid groups (broad SMARTS) is 1. The summed E-state index contributed by atoms with van der Waals surface area (Å²) in [5, 5.41) is 9.61. The largest absolute Gasteiger partial charge is 0.478 e. The predicted octanol–water partition coefficient (Wildman–Crippen LogP) is 4.38. The van der Waals surface area contributed by atoms with Gasteiger partial charge in [0, 0.05) is 5.56 Å². The van der Waals surface area contributed by atoms with E-state index >= 15 is 0 Å². The van der Waals surface area contributed by atoms with Crippen LogP contribution in [0.3, 0.4) is 0 Å². The van der Waals surface area contributed by atoms with Gasteiger partial charge in [0.1, 0.15) is 5.82 Å². The standard InChI is InChI=1S/C20H14ClN3O4S/c21-15-8-1-2-9-16(15)24-29(27,28)13-6-3-5-12(11-13)19-22-17-10-4-7-14(20(25)26)18(17)23-19/h1-11,24H,(H,22,23)(H,25,26). The molecule has 9 heteroatoms. The molecule has 3 N–H and O–H groups in total. The number of hydrogen-bond donors (Lipinski definition) is 3. The Balaban J connectivity index is 1.74. The summed E-state index contributed by atoms with van der Waals surface area (Å²) in [6.45, 7) is 0. The highest BCUT2D eigenvalue weighted by molar-refractivity contribution is 7.92. The minimum atomic E-state index is -3.89. The molecule has 0 saturated heterocycles. The van der Waals surface area contributed by atoms with E-state index in [9.17, 15) is 18.3 Å². The summed E-state index contributed by atoms with van der Waals surface area (Å²) in [4.78, 5) is 18.8. The number of H-pyrrole nitrogens is 1. The number of aromatic amines is 1. The Hall–Kier alpha value is -3.36. The molecule has 0 bridgehead atoms. The lowest BCUT2D eigenvalue weighted by Crippen LogP contribution is -2.13. The zero-order valence-electron chi connectivity index (χ0n) is 14.8. The van der Waals surface area contributed by atoms with E-state index in [2.05, 4.69) is 14.7 Å². The maximum atomic E-state index is 12.8. The topological polar surface area (TPSA) is 112 Å². The van der Waals surface area contributed by atoms with E-state index < -0.39 is 16.0 Å². The van der Waals surface area contributed by atoms with Crippen molar-refractivity contribution in [2.45, 2.75) is 4.90 Å². The highest BCUT2D eigenvalue weighted by atomic mass is 35.5. The normalized spacial score (nSPS) is 11.5. The molecule has 0 atom stereocenters. The summed E-state index contributed by atoms with van der Waals surface area (Å²) in [6, 6.07) is 17.5. The first-order chi connectivity index (χ1) is 13.8. The van der Waals surface area contributed by atoms with Gasteiger partial charge < -0.3 is 10.1 Å². The van der Waals surface area contributed by atoms with Crippen LogP contribution in [-0.4, -0.2) is 29.5 Å². The Bertz CT molecular complexity index is 1350. The van der Waals surface area contributed by atoms with Crippen molar-refractivity contribution in [3.05, 3.63) is 77.3 Å². The third-order valence-corrected chi connectivity index (χ3v) is 5.98. The van der Waals surface area contributed by atoms with Crippen LogP contribution in [0.15, 0.2) is 71.6 Å². The maximum absolute atomic E-state index is 12.8. The van der Waals surface area contributed by atoms with Crippen LogP contribution in [-0.2, 0) is 10.0 Å². The molecule has 0 unspecified atom stereocenters. The summed E-state index contributed by atoms with van der Waals surface area (Å²) in [7, 11) is -3.89.